The maximum Gasteiger partial charge on any atom is 0.358 e. The Hall–Kier alpha value is -1.73. The second-order valence-corrected chi connectivity index (χ2v) is 4.58. The quantitative estimate of drug-likeness (QED) is 0.938. The molecular formula is C11H7Cl2F2N3O2. The Morgan fingerprint density at radius 3 is 2.70 bits per heavy atom. The average Bonchev–Trinajstić information content (AvgIpc) is 2.79. The number of hydrogen-bond donors (Lipinski definition) is 1. The van der Waals surface area contributed by atoms with E-state index in [2.05, 4.69) is 10.3 Å². The van der Waals surface area contributed by atoms with Gasteiger partial charge in [0.1, 0.15) is 5.69 Å². The number of halogens is 4. The molecule has 0 spiro atoms. The number of aromatic nitrogens is 3. The van der Waals surface area contributed by atoms with Gasteiger partial charge in [0.25, 0.3) is 6.43 Å². The molecule has 0 saturated heterocycles. The van der Waals surface area contributed by atoms with Gasteiger partial charge < -0.3 is 5.11 Å². The average molecular weight is 322 g/mol. The van der Waals surface area contributed by atoms with Crippen molar-refractivity contribution in [3.05, 3.63) is 45.2 Å². The molecule has 0 aliphatic heterocycles. The van der Waals surface area contributed by atoms with Crippen LogP contribution >= 0.6 is 23.2 Å². The lowest BCUT2D eigenvalue weighted by Crippen LogP contribution is -2.10. The standard InChI is InChI=1S/C11H7Cl2F2N3O2/c12-6-3-1-2-5(7(6)13)4-18-9(10(14)15)8(11(19)20)16-17-18/h1-3,10H,4H2,(H,19,20). The third-order valence-electron chi connectivity index (χ3n) is 2.53. The molecule has 0 unspecified atom stereocenters. The Morgan fingerprint density at radius 2 is 2.10 bits per heavy atom. The van der Waals surface area contributed by atoms with E-state index < -0.39 is 23.8 Å². The molecule has 2 rings (SSSR count). The highest BCUT2D eigenvalue weighted by molar-refractivity contribution is 6.42. The number of rotatable bonds is 4. The van der Waals surface area contributed by atoms with Crippen LogP contribution in [0, 0.1) is 0 Å². The summed E-state index contributed by atoms with van der Waals surface area (Å²) in [6, 6.07) is 4.72. The number of aromatic carboxylic acids is 1. The van der Waals surface area contributed by atoms with Gasteiger partial charge in [-0.1, -0.05) is 40.5 Å². The van der Waals surface area contributed by atoms with Gasteiger partial charge >= 0.3 is 5.97 Å². The van der Waals surface area contributed by atoms with E-state index in [0.29, 0.717) is 5.56 Å². The number of alkyl halides is 2. The lowest BCUT2D eigenvalue weighted by atomic mass is 10.2. The normalized spacial score (nSPS) is 11.1. The summed E-state index contributed by atoms with van der Waals surface area (Å²) in [7, 11) is 0. The fourth-order valence-corrected chi connectivity index (χ4v) is 2.02. The summed E-state index contributed by atoms with van der Waals surface area (Å²) in [5.41, 5.74) is -1.12. The van der Waals surface area contributed by atoms with E-state index in [-0.39, 0.29) is 16.6 Å². The third kappa shape index (κ3) is 2.73. The smallest absolute Gasteiger partial charge is 0.358 e. The van der Waals surface area contributed by atoms with Crippen LogP contribution in [0.2, 0.25) is 10.0 Å². The van der Waals surface area contributed by atoms with E-state index in [1.165, 1.54) is 0 Å². The van der Waals surface area contributed by atoms with Gasteiger partial charge in [-0.2, -0.15) is 0 Å². The minimum atomic E-state index is -3.02. The van der Waals surface area contributed by atoms with Gasteiger partial charge in [0.2, 0.25) is 0 Å². The Kier molecular flexibility index (Phi) is 4.20. The molecular weight excluding hydrogens is 315 g/mol. The molecule has 0 bridgehead atoms. The van der Waals surface area contributed by atoms with Crippen molar-refractivity contribution in [1.82, 2.24) is 15.0 Å². The summed E-state index contributed by atoms with van der Waals surface area (Å²) in [4.78, 5) is 10.8. The largest absolute Gasteiger partial charge is 0.476 e. The summed E-state index contributed by atoms with van der Waals surface area (Å²) in [6.45, 7) is -0.153. The molecule has 1 N–H and O–H groups in total. The van der Waals surface area contributed by atoms with E-state index in [4.69, 9.17) is 28.3 Å². The highest BCUT2D eigenvalue weighted by atomic mass is 35.5. The van der Waals surface area contributed by atoms with Crippen LogP contribution in [0.1, 0.15) is 28.2 Å². The van der Waals surface area contributed by atoms with Crippen LogP contribution < -0.4 is 0 Å². The first kappa shape index (κ1) is 14.7. The summed E-state index contributed by atoms with van der Waals surface area (Å²) in [5, 5.41) is 15.9. The zero-order valence-electron chi connectivity index (χ0n) is 9.73. The maximum atomic E-state index is 12.9. The van der Waals surface area contributed by atoms with Crippen LogP contribution in [0.15, 0.2) is 18.2 Å². The van der Waals surface area contributed by atoms with E-state index in [1.54, 1.807) is 18.2 Å². The summed E-state index contributed by atoms with van der Waals surface area (Å²) < 4.78 is 26.7. The molecule has 0 amide bonds. The van der Waals surface area contributed by atoms with Crippen LogP contribution in [0.3, 0.4) is 0 Å². The monoisotopic (exact) mass is 321 g/mol. The van der Waals surface area contributed by atoms with Gasteiger partial charge in [-0.05, 0) is 11.6 Å². The second-order valence-electron chi connectivity index (χ2n) is 3.80. The minimum Gasteiger partial charge on any atom is -0.476 e. The molecule has 0 radical (unpaired) electrons. The summed E-state index contributed by atoms with van der Waals surface area (Å²) in [6.07, 6.45) is -3.02. The Labute approximate surface area is 121 Å². The first-order valence-electron chi connectivity index (χ1n) is 5.29. The van der Waals surface area contributed by atoms with Crippen molar-refractivity contribution in [2.24, 2.45) is 0 Å². The van der Waals surface area contributed by atoms with Crippen LogP contribution in [0.25, 0.3) is 0 Å². The predicted molar refractivity (Wildman–Crippen MR) is 67.5 cm³/mol. The van der Waals surface area contributed by atoms with Crippen LogP contribution in [-0.4, -0.2) is 26.1 Å². The molecule has 106 valence electrons. The van der Waals surface area contributed by atoms with Gasteiger partial charge in [-0.15, -0.1) is 5.10 Å². The van der Waals surface area contributed by atoms with Crippen molar-refractivity contribution < 1.29 is 18.7 Å². The van der Waals surface area contributed by atoms with Gasteiger partial charge in [0, 0.05) is 0 Å². The predicted octanol–water partition coefficient (Wildman–Crippen LogP) is 3.27. The molecule has 5 nitrogen and oxygen atoms in total. The maximum absolute atomic E-state index is 12.9. The van der Waals surface area contributed by atoms with Gasteiger partial charge in [0.15, 0.2) is 5.69 Å². The zero-order valence-corrected chi connectivity index (χ0v) is 11.2. The molecule has 2 aromatic rings. The molecule has 1 heterocycles. The van der Waals surface area contributed by atoms with Crippen molar-refractivity contribution in [1.29, 1.82) is 0 Å². The summed E-state index contributed by atoms with van der Waals surface area (Å²) >= 11 is 11.8. The second kappa shape index (κ2) is 5.72. The number of nitrogens with zero attached hydrogens (tertiary/aromatic N) is 3. The first-order chi connectivity index (χ1) is 9.41. The zero-order chi connectivity index (χ0) is 14.9. The van der Waals surface area contributed by atoms with Gasteiger partial charge in [0.05, 0.1) is 16.6 Å². The van der Waals surface area contributed by atoms with Crippen molar-refractivity contribution in [2.45, 2.75) is 13.0 Å². The van der Waals surface area contributed by atoms with Crippen molar-refractivity contribution in [3.63, 3.8) is 0 Å². The highest BCUT2D eigenvalue weighted by Crippen LogP contribution is 2.28. The van der Waals surface area contributed by atoms with E-state index in [9.17, 15) is 13.6 Å². The number of carbonyl (C=O) groups is 1. The number of carboxylic acids is 1. The molecule has 9 heteroatoms. The highest BCUT2D eigenvalue weighted by Gasteiger charge is 2.26. The lowest BCUT2D eigenvalue weighted by Gasteiger charge is -2.08. The van der Waals surface area contributed by atoms with Crippen LogP contribution in [-0.2, 0) is 6.54 Å². The molecule has 0 fully saturated rings. The Balaban J connectivity index is 2.44. The van der Waals surface area contributed by atoms with Crippen molar-refractivity contribution in [2.75, 3.05) is 0 Å². The molecule has 0 atom stereocenters. The van der Waals surface area contributed by atoms with Crippen molar-refractivity contribution >= 4 is 29.2 Å². The van der Waals surface area contributed by atoms with E-state index >= 15 is 0 Å². The van der Waals surface area contributed by atoms with E-state index in [0.717, 1.165) is 4.68 Å². The first-order valence-corrected chi connectivity index (χ1v) is 6.05. The molecule has 20 heavy (non-hydrogen) atoms. The fourth-order valence-electron chi connectivity index (χ4n) is 1.64. The Bertz CT molecular complexity index is 661. The molecule has 0 aliphatic carbocycles. The number of carboxylic acid groups (broad SMARTS) is 1. The van der Waals surface area contributed by atoms with Crippen molar-refractivity contribution in [3.8, 4) is 0 Å². The topological polar surface area (TPSA) is 68.0 Å². The van der Waals surface area contributed by atoms with Crippen LogP contribution in [0.4, 0.5) is 8.78 Å². The molecule has 1 aromatic heterocycles. The Morgan fingerprint density at radius 1 is 1.40 bits per heavy atom. The molecule has 0 aliphatic rings. The van der Waals surface area contributed by atoms with Gasteiger partial charge in [-0.3, -0.25) is 0 Å². The SMILES string of the molecule is O=C(O)c1nnn(Cc2cccc(Cl)c2Cl)c1C(F)F. The lowest BCUT2D eigenvalue weighted by molar-refractivity contribution is 0.0675. The summed E-state index contributed by atoms with van der Waals surface area (Å²) in [5.74, 6) is -1.57. The molecule has 0 saturated carbocycles. The number of benzene rings is 1. The minimum absolute atomic E-state index is 0.153. The van der Waals surface area contributed by atoms with E-state index in [1.807, 2.05) is 0 Å². The van der Waals surface area contributed by atoms with Gasteiger partial charge in [-0.25, -0.2) is 18.3 Å². The third-order valence-corrected chi connectivity index (χ3v) is 3.39. The molecule has 1 aromatic carbocycles. The number of hydrogen-bond acceptors (Lipinski definition) is 3. The van der Waals surface area contributed by atoms with Crippen LogP contribution in [0.5, 0.6) is 0 Å². The fraction of sp³-hybridized carbons (Fsp3) is 0.182.